The highest BCUT2D eigenvalue weighted by Gasteiger charge is 2.14. The molecule has 0 aliphatic heterocycles. The number of aryl methyl sites for hydroxylation is 1. The summed E-state index contributed by atoms with van der Waals surface area (Å²) in [4.78, 5) is 19.7. The van der Waals surface area contributed by atoms with Crippen LogP contribution in [0.15, 0.2) is 66.7 Å². The number of fused-ring (bicyclic) bond motifs is 1. The number of carbonyl (C=O) groups is 1. The molecule has 0 atom stereocenters. The number of hydrogen-bond donors (Lipinski definition) is 2. The van der Waals surface area contributed by atoms with Crippen LogP contribution in [0.2, 0.25) is 0 Å². The number of aromatic amines is 1. The van der Waals surface area contributed by atoms with Gasteiger partial charge in [-0.1, -0.05) is 61.5 Å². The number of primary amides is 1. The maximum absolute atomic E-state index is 11.8. The first kappa shape index (κ1) is 16.1. The van der Waals surface area contributed by atoms with Gasteiger partial charge in [-0.05, 0) is 35.2 Å². The molecule has 1 amide bonds. The van der Waals surface area contributed by atoms with Gasteiger partial charge in [-0.3, -0.25) is 4.79 Å². The van der Waals surface area contributed by atoms with E-state index in [1.807, 2.05) is 49.4 Å². The number of nitrogens with zero attached hydrogens (tertiary/aromatic N) is 1. The Bertz CT molecular complexity index is 1080. The Morgan fingerprint density at radius 2 is 1.62 bits per heavy atom. The lowest BCUT2D eigenvalue weighted by Crippen LogP contribution is -2.12. The van der Waals surface area contributed by atoms with E-state index >= 15 is 0 Å². The topological polar surface area (TPSA) is 71.8 Å². The molecule has 0 aliphatic rings. The number of benzene rings is 3. The fraction of sp³-hybridized carbons (Fsp3) is 0.0909. The molecule has 0 bridgehead atoms. The molecule has 3 aromatic carbocycles. The molecule has 0 spiro atoms. The molecule has 0 aliphatic carbocycles. The molecule has 0 saturated carbocycles. The molecule has 4 rings (SSSR count). The summed E-state index contributed by atoms with van der Waals surface area (Å²) in [7, 11) is 0. The largest absolute Gasteiger partial charge is 0.366 e. The number of rotatable bonds is 4. The van der Waals surface area contributed by atoms with Crippen molar-refractivity contribution in [2.45, 2.75) is 13.3 Å². The van der Waals surface area contributed by atoms with E-state index < -0.39 is 5.91 Å². The predicted octanol–water partition coefficient (Wildman–Crippen LogP) is 4.56. The molecule has 3 N–H and O–H groups in total. The van der Waals surface area contributed by atoms with E-state index in [2.05, 4.69) is 34.2 Å². The van der Waals surface area contributed by atoms with Crippen LogP contribution in [0.4, 0.5) is 0 Å². The number of nitrogens with two attached hydrogens (primary N) is 1. The maximum atomic E-state index is 11.8. The summed E-state index contributed by atoms with van der Waals surface area (Å²) in [6.45, 7) is 2.05. The molecular weight excluding hydrogens is 322 g/mol. The van der Waals surface area contributed by atoms with Crippen molar-refractivity contribution >= 4 is 16.9 Å². The minimum absolute atomic E-state index is 0.456. The minimum atomic E-state index is -0.456. The second-order valence-corrected chi connectivity index (χ2v) is 6.29. The Hall–Kier alpha value is -3.40. The van der Waals surface area contributed by atoms with Crippen LogP contribution in [0.1, 0.15) is 22.8 Å². The second kappa shape index (κ2) is 6.48. The first-order chi connectivity index (χ1) is 12.7. The van der Waals surface area contributed by atoms with Crippen LogP contribution in [0.5, 0.6) is 0 Å². The van der Waals surface area contributed by atoms with Crippen molar-refractivity contribution in [1.82, 2.24) is 9.97 Å². The normalized spacial score (nSPS) is 11.0. The molecule has 4 heteroatoms. The second-order valence-electron chi connectivity index (χ2n) is 6.29. The van der Waals surface area contributed by atoms with Crippen molar-refractivity contribution in [1.29, 1.82) is 0 Å². The van der Waals surface area contributed by atoms with E-state index in [0.29, 0.717) is 11.1 Å². The first-order valence-electron chi connectivity index (χ1n) is 8.64. The number of H-pyrrole nitrogens is 1. The van der Waals surface area contributed by atoms with Gasteiger partial charge in [0.25, 0.3) is 5.91 Å². The Morgan fingerprint density at radius 1 is 0.962 bits per heavy atom. The number of carbonyl (C=O) groups excluding carboxylic acids is 1. The molecule has 4 nitrogen and oxygen atoms in total. The third kappa shape index (κ3) is 2.86. The lowest BCUT2D eigenvalue weighted by Gasteiger charge is -2.02. The smallest absolute Gasteiger partial charge is 0.250 e. The van der Waals surface area contributed by atoms with Crippen LogP contribution in [0.25, 0.3) is 33.5 Å². The van der Waals surface area contributed by atoms with Crippen LogP contribution in [-0.4, -0.2) is 15.9 Å². The van der Waals surface area contributed by atoms with Gasteiger partial charge in [-0.25, -0.2) is 4.98 Å². The Balaban J connectivity index is 1.77. The fourth-order valence-corrected chi connectivity index (χ4v) is 3.16. The summed E-state index contributed by atoms with van der Waals surface area (Å²) in [6.07, 6.45) is 0.830. The van der Waals surface area contributed by atoms with E-state index in [4.69, 9.17) is 5.73 Å². The Morgan fingerprint density at radius 3 is 2.27 bits per heavy atom. The zero-order chi connectivity index (χ0) is 18.1. The molecule has 0 fully saturated rings. The molecule has 26 heavy (non-hydrogen) atoms. The van der Waals surface area contributed by atoms with Gasteiger partial charge in [0.1, 0.15) is 11.3 Å². The van der Waals surface area contributed by atoms with Gasteiger partial charge in [0.05, 0.1) is 11.1 Å². The number of amides is 1. The average Bonchev–Trinajstić information content (AvgIpc) is 3.12. The van der Waals surface area contributed by atoms with Crippen molar-refractivity contribution in [3.63, 3.8) is 0 Å². The van der Waals surface area contributed by atoms with Crippen LogP contribution >= 0.6 is 0 Å². The third-order valence-electron chi connectivity index (χ3n) is 4.59. The standard InChI is InChI=1S/C22H19N3O/c1-2-14-12-18(21(23)26)20-19(13-14)24-22(25-20)17-10-8-16(9-11-17)15-6-4-3-5-7-15/h3-13H,2H2,1H3,(H2,23,26)(H,24,25). The Labute approximate surface area is 151 Å². The number of imidazole rings is 1. The van der Waals surface area contributed by atoms with Gasteiger partial charge < -0.3 is 10.7 Å². The summed E-state index contributed by atoms with van der Waals surface area (Å²) >= 11 is 0. The molecule has 1 heterocycles. The molecule has 4 aromatic rings. The van der Waals surface area contributed by atoms with Crippen molar-refractivity contribution in [2.24, 2.45) is 5.73 Å². The average molecular weight is 341 g/mol. The number of nitrogens with one attached hydrogen (secondary N) is 1. The highest BCUT2D eigenvalue weighted by molar-refractivity contribution is 6.05. The van der Waals surface area contributed by atoms with Crippen molar-refractivity contribution in [3.8, 4) is 22.5 Å². The lowest BCUT2D eigenvalue weighted by atomic mass is 10.0. The van der Waals surface area contributed by atoms with E-state index in [0.717, 1.165) is 34.5 Å². The Kier molecular flexibility index (Phi) is 4.01. The first-order valence-corrected chi connectivity index (χ1v) is 8.64. The SMILES string of the molecule is CCc1cc(C(N)=O)c2nc(-c3ccc(-c4ccccc4)cc3)[nH]c2c1. The van der Waals surface area contributed by atoms with Crippen molar-refractivity contribution in [3.05, 3.63) is 77.9 Å². The molecule has 0 saturated heterocycles. The van der Waals surface area contributed by atoms with E-state index in [9.17, 15) is 4.79 Å². The van der Waals surface area contributed by atoms with Gasteiger partial charge in [0.2, 0.25) is 0 Å². The monoisotopic (exact) mass is 341 g/mol. The zero-order valence-corrected chi connectivity index (χ0v) is 14.5. The van der Waals surface area contributed by atoms with Crippen molar-refractivity contribution in [2.75, 3.05) is 0 Å². The van der Waals surface area contributed by atoms with Crippen LogP contribution in [-0.2, 0) is 6.42 Å². The van der Waals surface area contributed by atoms with Crippen molar-refractivity contribution < 1.29 is 4.79 Å². The highest BCUT2D eigenvalue weighted by Crippen LogP contribution is 2.27. The zero-order valence-electron chi connectivity index (χ0n) is 14.5. The summed E-state index contributed by atoms with van der Waals surface area (Å²) in [5, 5.41) is 0. The van der Waals surface area contributed by atoms with Crippen LogP contribution < -0.4 is 5.73 Å². The van der Waals surface area contributed by atoms with Gasteiger partial charge >= 0.3 is 0 Å². The minimum Gasteiger partial charge on any atom is -0.366 e. The van der Waals surface area contributed by atoms with Crippen LogP contribution in [0.3, 0.4) is 0 Å². The maximum Gasteiger partial charge on any atom is 0.250 e. The molecule has 1 aromatic heterocycles. The van der Waals surface area contributed by atoms with Gasteiger partial charge in [-0.2, -0.15) is 0 Å². The molecule has 0 unspecified atom stereocenters. The van der Waals surface area contributed by atoms with E-state index in [1.165, 1.54) is 5.56 Å². The number of hydrogen-bond acceptors (Lipinski definition) is 2. The van der Waals surface area contributed by atoms with Gasteiger partial charge in [-0.15, -0.1) is 0 Å². The number of aromatic nitrogens is 2. The van der Waals surface area contributed by atoms with Gasteiger partial charge in [0.15, 0.2) is 0 Å². The molecule has 128 valence electrons. The van der Waals surface area contributed by atoms with E-state index in [1.54, 1.807) is 0 Å². The lowest BCUT2D eigenvalue weighted by molar-refractivity contribution is 0.100. The summed E-state index contributed by atoms with van der Waals surface area (Å²) in [5.74, 6) is 0.276. The highest BCUT2D eigenvalue weighted by atomic mass is 16.1. The summed E-state index contributed by atoms with van der Waals surface area (Å²) in [6, 6.07) is 22.3. The predicted molar refractivity (Wildman–Crippen MR) is 105 cm³/mol. The quantitative estimate of drug-likeness (QED) is 0.571. The van der Waals surface area contributed by atoms with E-state index in [-0.39, 0.29) is 0 Å². The third-order valence-corrected chi connectivity index (χ3v) is 4.59. The summed E-state index contributed by atoms with van der Waals surface area (Å²) in [5.41, 5.74) is 11.8. The molecular formula is C22H19N3O. The van der Waals surface area contributed by atoms with Crippen LogP contribution in [0, 0.1) is 0 Å². The molecule has 0 radical (unpaired) electrons. The summed E-state index contributed by atoms with van der Waals surface area (Å²) < 4.78 is 0. The fourth-order valence-electron chi connectivity index (χ4n) is 3.16. The van der Waals surface area contributed by atoms with Gasteiger partial charge in [0, 0.05) is 5.56 Å².